The van der Waals surface area contributed by atoms with Crippen molar-refractivity contribution in [2.45, 2.75) is 6.54 Å². The van der Waals surface area contributed by atoms with Crippen LogP contribution < -0.4 is 21.5 Å². The van der Waals surface area contributed by atoms with Crippen molar-refractivity contribution in [2.24, 2.45) is 0 Å². The van der Waals surface area contributed by atoms with E-state index in [1.54, 1.807) is 36.4 Å². The second-order valence-electron chi connectivity index (χ2n) is 7.68. The largest absolute Gasteiger partial charge is 0.508 e. The minimum atomic E-state index is -0.619. The molecule has 0 unspecified atom stereocenters. The van der Waals surface area contributed by atoms with Crippen molar-refractivity contribution >= 4 is 28.0 Å². The summed E-state index contributed by atoms with van der Waals surface area (Å²) in [5, 5.41) is 26.9. The Kier molecular flexibility index (Phi) is 4.99. The van der Waals surface area contributed by atoms with Gasteiger partial charge in [0.25, 0.3) is 10.9 Å². The molecule has 5 rings (SSSR count). The molecule has 0 saturated carbocycles. The van der Waals surface area contributed by atoms with Gasteiger partial charge in [-0.05, 0) is 48.0 Å². The summed E-state index contributed by atoms with van der Waals surface area (Å²) in [5.74, 6) is 0.173. The van der Waals surface area contributed by atoms with E-state index in [1.165, 1.54) is 6.07 Å². The molecule has 0 aliphatic rings. The van der Waals surface area contributed by atoms with Crippen LogP contribution in [0.1, 0.15) is 5.56 Å². The van der Waals surface area contributed by atoms with E-state index in [2.05, 4.69) is 15.6 Å². The first-order valence-corrected chi connectivity index (χ1v) is 10.3. The summed E-state index contributed by atoms with van der Waals surface area (Å²) in [7, 11) is 0. The fourth-order valence-electron chi connectivity index (χ4n) is 3.72. The molecule has 0 bridgehead atoms. The molecule has 7 heteroatoms. The number of hydrogen-bond acceptors (Lipinski definition) is 7. The lowest BCUT2D eigenvalue weighted by Crippen LogP contribution is -2.36. The molecule has 1 aromatic heterocycles. The molecule has 0 amide bonds. The van der Waals surface area contributed by atoms with E-state index in [9.17, 15) is 19.8 Å². The van der Waals surface area contributed by atoms with Crippen LogP contribution in [0.5, 0.6) is 11.5 Å². The highest BCUT2D eigenvalue weighted by Crippen LogP contribution is 2.33. The van der Waals surface area contributed by atoms with E-state index in [-0.39, 0.29) is 29.4 Å². The first-order chi connectivity index (χ1) is 16.0. The van der Waals surface area contributed by atoms with Gasteiger partial charge in [-0.25, -0.2) is 4.98 Å². The molecule has 0 atom stereocenters. The van der Waals surface area contributed by atoms with Gasteiger partial charge in [-0.15, -0.1) is 0 Å². The molecule has 0 spiro atoms. The summed E-state index contributed by atoms with van der Waals surface area (Å²) in [4.78, 5) is 28.9. The number of para-hydroxylation sites is 1. The molecule has 5 aromatic rings. The van der Waals surface area contributed by atoms with Crippen molar-refractivity contribution in [3.63, 3.8) is 0 Å². The highest BCUT2D eigenvalue weighted by atomic mass is 16.3. The number of pyridine rings is 1. The third-order valence-corrected chi connectivity index (χ3v) is 5.43. The normalized spacial score (nSPS) is 11.0. The maximum Gasteiger partial charge on any atom is 0.253 e. The predicted octanol–water partition coefficient (Wildman–Crippen LogP) is 4.26. The van der Waals surface area contributed by atoms with Crippen LogP contribution >= 0.6 is 0 Å². The third-order valence-electron chi connectivity index (χ3n) is 5.43. The van der Waals surface area contributed by atoms with E-state index in [4.69, 9.17) is 0 Å². The lowest BCUT2D eigenvalue weighted by atomic mass is 10.1. The van der Waals surface area contributed by atoms with Gasteiger partial charge in [0.2, 0.25) is 0 Å². The molecular weight excluding hydrogens is 418 g/mol. The number of nitrogens with one attached hydrogen (secondary N) is 2. The number of benzene rings is 3. The number of anilines is 3. The SMILES string of the molecule is O=c1c(NCc2cccc(O)c2)c(Nc2ccc(O)c(-c3ccc4ccccc4n3)c2)c1=O. The van der Waals surface area contributed by atoms with Gasteiger partial charge in [0.1, 0.15) is 22.9 Å². The Labute approximate surface area is 188 Å². The third kappa shape index (κ3) is 3.87. The van der Waals surface area contributed by atoms with Crippen molar-refractivity contribution in [3.8, 4) is 22.8 Å². The standard InChI is InChI=1S/C26H19N3O4/c30-18-6-3-4-15(12-18)14-27-23-24(26(33)25(23)32)28-17-9-11-22(31)19(13-17)21-10-8-16-5-1-2-7-20(16)29-21/h1-13,27-28,30-31H,14H2. The fraction of sp³-hybridized carbons (Fsp3) is 0.0385. The second kappa shape index (κ2) is 8.12. The van der Waals surface area contributed by atoms with Gasteiger partial charge < -0.3 is 20.8 Å². The molecule has 0 radical (unpaired) electrons. The maximum absolute atomic E-state index is 12.2. The molecule has 0 saturated heterocycles. The van der Waals surface area contributed by atoms with Crippen molar-refractivity contribution < 1.29 is 10.2 Å². The summed E-state index contributed by atoms with van der Waals surface area (Å²) < 4.78 is 0. The van der Waals surface area contributed by atoms with Crippen LogP contribution in [0.2, 0.25) is 0 Å². The number of hydrogen-bond donors (Lipinski definition) is 4. The van der Waals surface area contributed by atoms with Gasteiger partial charge in [-0.3, -0.25) is 9.59 Å². The number of phenolic OH excluding ortho intramolecular Hbond substituents is 2. The molecule has 33 heavy (non-hydrogen) atoms. The molecular formula is C26H19N3O4. The summed E-state index contributed by atoms with van der Waals surface area (Å²) in [6.07, 6.45) is 0. The Bertz CT molecular complexity index is 1570. The van der Waals surface area contributed by atoms with Crippen LogP contribution in [0, 0.1) is 0 Å². The Morgan fingerprint density at radius 1 is 0.788 bits per heavy atom. The van der Waals surface area contributed by atoms with Crippen molar-refractivity contribution in [1.29, 1.82) is 0 Å². The van der Waals surface area contributed by atoms with Crippen molar-refractivity contribution in [1.82, 2.24) is 4.98 Å². The quantitative estimate of drug-likeness (QED) is 0.232. The minimum Gasteiger partial charge on any atom is -0.508 e. The van der Waals surface area contributed by atoms with E-state index >= 15 is 0 Å². The summed E-state index contributed by atoms with van der Waals surface area (Å²) >= 11 is 0. The Hall–Kier alpha value is -4.65. The number of nitrogens with zero attached hydrogens (tertiary/aromatic N) is 1. The van der Waals surface area contributed by atoms with Crippen LogP contribution in [0.4, 0.5) is 17.1 Å². The average molecular weight is 437 g/mol. The zero-order chi connectivity index (χ0) is 22.9. The second-order valence-corrected chi connectivity index (χ2v) is 7.68. The van der Waals surface area contributed by atoms with Crippen LogP contribution in [0.25, 0.3) is 22.2 Å². The molecule has 0 fully saturated rings. The zero-order valence-electron chi connectivity index (χ0n) is 17.4. The van der Waals surface area contributed by atoms with Crippen molar-refractivity contribution in [3.05, 3.63) is 105 Å². The molecule has 0 aliphatic heterocycles. The summed E-state index contributed by atoms with van der Waals surface area (Å²) in [5.41, 5.74) is 2.30. The van der Waals surface area contributed by atoms with Gasteiger partial charge >= 0.3 is 0 Å². The molecule has 4 aromatic carbocycles. The van der Waals surface area contributed by atoms with Crippen LogP contribution in [0.15, 0.2) is 88.5 Å². The van der Waals surface area contributed by atoms with Crippen LogP contribution in [-0.4, -0.2) is 15.2 Å². The monoisotopic (exact) mass is 437 g/mol. The van der Waals surface area contributed by atoms with Crippen LogP contribution in [0.3, 0.4) is 0 Å². The molecule has 1 heterocycles. The Morgan fingerprint density at radius 2 is 1.61 bits per heavy atom. The molecule has 4 N–H and O–H groups in total. The number of fused-ring (bicyclic) bond motifs is 1. The van der Waals surface area contributed by atoms with Gasteiger partial charge in [0.15, 0.2) is 0 Å². The Morgan fingerprint density at radius 3 is 2.45 bits per heavy atom. The van der Waals surface area contributed by atoms with E-state index in [0.717, 1.165) is 16.5 Å². The van der Waals surface area contributed by atoms with E-state index in [0.29, 0.717) is 16.9 Å². The molecule has 162 valence electrons. The number of phenols is 2. The maximum atomic E-state index is 12.2. The smallest absolute Gasteiger partial charge is 0.253 e. The van der Waals surface area contributed by atoms with Gasteiger partial charge in [0.05, 0.1) is 11.2 Å². The zero-order valence-corrected chi connectivity index (χ0v) is 17.4. The lowest BCUT2D eigenvalue weighted by molar-refractivity contribution is 0.474. The number of aromatic nitrogens is 1. The highest BCUT2D eigenvalue weighted by molar-refractivity contribution is 5.84. The Balaban J connectivity index is 1.42. The lowest BCUT2D eigenvalue weighted by Gasteiger charge is -2.16. The highest BCUT2D eigenvalue weighted by Gasteiger charge is 2.21. The number of aromatic hydroxyl groups is 2. The first-order valence-electron chi connectivity index (χ1n) is 10.3. The molecule has 7 nitrogen and oxygen atoms in total. The van der Waals surface area contributed by atoms with Gasteiger partial charge in [-0.2, -0.15) is 0 Å². The fourth-order valence-corrected chi connectivity index (χ4v) is 3.72. The molecule has 0 aliphatic carbocycles. The van der Waals surface area contributed by atoms with Gasteiger partial charge in [0, 0.05) is 23.2 Å². The van der Waals surface area contributed by atoms with E-state index < -0.39 is 10.9 Å². The minimum absolute atomic E-state index is 0.0514. The summed E-state index contributed by atoms with van der Waals surface area (Å²) in [6.45, 7) is 0.274. The van der Waals surface area contributed by atoms with Crippen molar-refractivity contribution in [2.75, 3.05) is 10.6 Å². The van der Waals surface area contributed by atoms with Gasteiger partial charge in [-0.1, -0.05) is 36.4 Å². The average Bonchev–Trinajstić information content (AvgIpc) is 2.84. The topological polar surface area (TPSA) is 112 Å². The first kappa shape index (κ1) is 20.3. The van der Waals surface area contributed by atoms with E-state index in [1.807, 2.05) is 36.4 Å². The summed E-state index contributed by atoms with van der Waals surface area (Å²) in [6, 6.07) is 22.9. The predicted molar refractivity (Wildman–Crippen MR) is 129 cm³/mol. The number of rotatable bonds is 6. The van der Waals surface area contributed by atoms with Crippen LogP contribution in [-0.2, 0) is 6.54 Å².